The van der Waals surface area contributed by atoms with Crippen LogP contribution in [0.2, 0.25) is 0 Å². The molecule has 110 valence electrons. The Hall–Kier alpha value is -1.51. The third-order valence-electron chi connectivity index (χ3n) is 4.24. The van der Waals surface area contributed by atoms with Gasteiger partial charge in [-0.1, -0.05) is 37.8 Å². The first-order chi connectivity index (χ1) is 9.61. The van der Waals surface area contributed by atoms with Crippen LogP contribution in [0.3, 0.4) is 0 Å². The van der Waals surface area contributed by atoms with Gasteiger partial charge in [0.25, 0.3) is 0 Å². The zero-order valence-corrected chi connectivity index (χ0v) is 13.0. The van der Waals surface area contributed by atoms with Crippen molar-refractivity contribution in [3.8, 4) is 0 Å². The number of rotatable bonds is 4. The van der Waals surface area contributed by atoms with Gasteiger partial charge in [0.05, 0.1) is 5.71 Å². The SMILES string of the molecule is CC/C(=N\N(C)C1CCCCC1)c1cc(C)ccc1N. The van der Waals surface area contributed by atoms with Gasteiger partial charge in [-0.15, -0.1) is 0 Å². The summed E-state index contributed by atoms with van der Waals surface area (Å²) in [5.74, 6) is 0. The fraction of sp³-hybridized carbons (Fsp3) is 0.588. The smallest absolute Gasteiger partial charge is 0.0695 e. The van der Waals surface area contributed by atoms with Crippen LogP contribution in [0.15, 0.2) is 23.3 Å². The Morgan fingerprint density at radius 2 is 2.00 bits per heavy atom. The molecule has 1 aromatic carbocycles. The summed E-state index contributed by atoms with van der Waals surface area (Å²) in [6, 6.07) is 6.77. The average molecular weight is 273 g/mol. The molecule has 2 N–H and O–H groups in total. The van der Waals surface area contributed by atoms with Gasteiger partial charge in [-0.05, 0) is 38.3 Å². The minimum Gasteiger partial charge on any atom is -0.398 e. The third-order valence-corrected chi connectivity index (χ3v) is 4.24. The lowest BCUT2D eigenvalue weighted by molar-refractivity contribution is 0.199. The van der Waals surface area contributed by atoms with E-state index in [1.54, 1.807) is 0 Å². The summed E-state index contributed by atoms with van der Waals surface area (Å²) in [7, 11) is 2.11. The van der Waals surface area contributed by atoms with Gasteiger partial charge in [0.1, 0.15) is 0 Å². The quantitative estimate of drug-likeness (QED) is 0.512. The number of hydrogen-bond acceptors (Lipinski definition) is 3. The van der Waals surface area contributed by atoms with Gasteiger partial charge >= 0.3 is 0 Å². The van der Waals surface area contributed by atoms with Crippen molar-refractivity contribution < 1.29 is 0 Å². The highest BCUT2D eigenvalue weighted by molar-refractivity contribution is 6.04. The molecule has 0 aromatic heterocycles. The highest BCUT2D eigenvalue weighted by Gasteiger charge is 2.18. The number of aryl methyl sites for hydroxylation is 1. The molecule has 1 aromatic rings. The van der Waals surface area contributed by atoms with Crippen molar-refractivity contribution in [3.05, 3.63) is 29.3 Å². The molecule has 1 saturated carbocycles. The second kappa shape index (κ2) is 6.78. The van der Waals surface area contributed by atoms with E-state index in [1.165, 1.54) is 37.7 Å². The van der Waals surface area contributed by atoms with Crippen molar-refractivity contribution in [1.82, 2.24) is 5.01 Å². The fourth-order valence-electron chi connectivity index (χ4n) is 2.96. The predicted molar refractivity (Wildman–Crippen MR) is 87.1 cm³/mol. The monoisotopic (exact) mass is 273 g/mol. The van der Waals surface area contributed by atoms with Gasteiger partial charge in [0.15, 0.2) is 0 Å². The number of nitrogen functional groups attached to an aromatic ring is 1. The molecule has 0 saturated heterocycles. The Kier molecular flexibility index (Phi) is 5.05. The molecule has 1 aliphatic carbocycles. The van der Waals surface area contributed by atoms with Crippen LogP contribution in [-0.2, 0) is 0 Å². The number of hydrogen-bond donors (Lipinski definition) is 1. The minimum absolute atomic E-state index is 0.594. The Morgan fingerprint density at radius 3 is 2.65 bits per heavy atom. The zero-order chi connectivity index (χ0) is 14.5. The van der Waals surface area contributed by atoms with Gasteiger partial charge in [0, 0.05) is 24.3 Å². The van der Waals surface area contributed by atoms with Crippen LogP contribution in [0.25, 0.3) is 0 Å². The third kappa shape index (κ3) is 3.53. The summed E-state index contributed by atoms with van der Waals surface area (Å²) in [6.45, 7) is 4.25. The van der Waals surface area contributed by atoms with E-state index >= 15 is 0 Å². The van der Waals surface area contributed by atoms with E-state index in [4.69, 9.17) is 10.8 Å². The van der Waals surface area contributed by atoms with Crippen LogP contribution in [-0.4, -0.2) is 23.8 Å². The number of benzene rings is 1. The standard InChI is InChI=1S/C17H27N3/c1-4-17(15-12-13(2)10-11-16(15)18)19-20(3)14-8-6-5-7-9-14/h10-12,14H,4-9,18H2,1-3H3/b19-17+. The van der Waals surface area contributed by atoms with Crippen LogP contribution in [0, 0.1) is 6.92 Å². The molecule has 0 bridgehead atoms. The molecule has 2 rings (SSSR count). The molecule has 0 spiro atoms. The maximum absolute atomic E-state index is 6.12. The molecule has 0 amide bonds. The summed E-state index contributed by atoms with van der Waals surface area (Å²) < 4.78 is 0. The number of nitrogens with zero attached hydrogens (tertiary/aromatic N) is 2. The average Bonchev–Trinajstić information content (AvgIpc) is 2.48. The van der Waals surface area contributed by atoms with Crippen molar-refractivity contribution in [1.29, 1.82) is 0 Å². The van der Waals surface area contributed by atoms with Gasteiger partial charge in [-0.3, -0.25) is 5.01 Å². The van der Waals surface area contributed by atoms with Crippen LogP contribution >= 0.6 is 0 Å². The van der Waals surface area contributed by atoms with Crippen LogP contribution in [0.5, 0.6) is 0 Å². The van der Waals surface area contributed by atoms with Crippen LogP contribution < -0.4 is 5.73 Å². The lowest BCUT2D eigenvalue weighted by atomic mass is 9.95. The maximum atomic E-state index is 6.12. The highest BCUT2D eigenvalue weighted by Crippen LogP contribution is 2.23. The largest absolute Gasteiger partial charge is 0.398 e. The van der Waals surface area contributed by atoms with Gasteiger partial charge in [0.2, 0.25) is 0 Å². The number of hydrazone groups is 1. The Labute approximate surface area is 122 Å². The molecule has 0 unspecified atom stereocenters. The topological polar surface area (TPSA) is 41.6 Å². The van der Waals surface area contributed by atoms with E-state index in [-0.39, 0.29) is 0 Å². The molecule has 0 atom stereocenters. The van der Waals surface area contributed by atoms with Crippen molar-refractivity contribution >= 4 is 11.4 Å². The zero-order valence-electron chi connectivity index (χ0n) is 13.0. The first-order valence-corrected chi connectivity index (χ1v) is 7.78. The molecule has 3 heteroatoms. The van der Waals surface area contributed by atoms with Crippen LogP contribution in [0.1, 0.15) is 56.6 Å². The van der Waals surface area contributed by atoms with E-state index in [0.29, 0.717) is 6.04 Å². The van der Waals surface area contributed by atoms with Gasteiger partial charge in [-0.25, -0.2) is 0 Å². The molecule has 0 radical (unpaired) electrons. The van der Waals surface area contributed by atoms with Crippen molar-refractivity contribution in [2.75, 3.05) is 12.8 Å². The van der Waals surface area contributed by atoms with E-state index < -0.39 is 0 Å². The first kappa shape index (κ1) is 14.9. The van der Waals surface area contributed by atoms with Crippen LogP contribution in [0.4, 0.5) is 5.69 Å². The molecule has 20 heavy (non-hydrogen) atoms. The summed E-state index contributed by atoms with van der Waals surface area (Å²) in [5, 5.41) is 7.03. The second-order valence-electron chi connectivity index (χ2n) is 5.86. The first-order valence-electron chi connectivity index (χ1n) is 7.78. The Morgan fingerprint density at radius 1 is 1.30 bits per heavy atom. The van der Waals surface area contributed by atoms with Gasteiger partial charge in [-0.2, -0.15) is 5.10 Å². The normalized spacial score (nSPS) is 17.2. The minimum atomic E-state index is 0.594. The Balaban J connectivity index is 2.21. The molecule has 0 heterocycles. The Bertz CT molecular complexity index is 473. The van der Waals surface area contributed by atoms with E-state index in [2.05, 4.69) is 38.0 Å². The second-order valence-corrected chi connectivity index (χ2v) is 5.86. The van der Waals surface area contributed by atoms with E-state index in [1.807, 2.05) is 6.07 Å². The number of nitrogens with two attached hydrogens (primary N) is 1. The summed E-state index contributed by atoms with van der Waals surface area (Å²) in [4.78, 5) is 0. The number of anilines is 1. The van der Waals surface area contributed by atoms with Crippen molar-refractivity contribution in [2.24, 2.45) is 5.10 Å². The summed E-state index contributed by atoms with van der Waals surface area (Å²) in [5.41, 5.74) is 10.4. The molecule has 3 nitrogen and oxygen atoms in total. The lowest BCUT2D eigenvalue weighted by Gasteiger charge is -2.29. The fourth-order valence-corrected chi connectivity index (χ4v) is 2.96. The highest BCUT2D eigenvalue weighted by atomic mass is 15.5. The van der Waals surface area contributed by atoms with Crippen molar-refractivity contribution in [3.63, 3.8) is 0 Å². The molecular formula is C17H27N3. The predicted octanol–water partition coefficient (Wildman–Crippen LogP) is 3.96. The molecule has 1 fully saturated rings. The molecular weight excluding hydrogens is 246 g/mol. The lowest BCUT2D eigenvalue weighted by Crippen LogP contribution is -2.30. The summed E-state index contributed by atoms with van der Waals surface area (Å²) >= 11 is 0. The maximum Gasteiger partial charge on any atom is 0.0695 e. The van der Waals surface area contributed by atoms with E-state index in [0.717, 1.165) is 23.4 Å². The van der Waals surface area contributed by atoms with Gasteiger partial charge < -0.3 is 5.73 Å². The molecule has 0 aliphatic heterocycles. The van der Waals surface area contributed by atoms with Crippen molar-refractivity contribution in [2.45, 2.75) is 58.4 Å². The molecule has 1 aliphatic rings. The summed E-state index contributed by atoms with van der Waals surface area (Å²) in [6.07, 6.45) is 7.47. The van der Waals surface area contributed by atoms with E-state index in [9.17, 15) is 0 Å².